The Morgan fingerprint density at radius 3 is 2.84 bits per heavy atom. The predicted molar refractivity (Wildman–Crippen MR) is 71.3 cm³/mol. The van der Waals surface area contributed by atoms with E-state index in [-0.39, 0.29) is 18.0 Å². The summed E-state index contributed by atoms with van der Waals surface area (Å²) in [5, 5.41) is 2.95. The van der Waals surface area contributed by atoms with Gasteiger partial charge in [-0.15, -0.1) is 6.58 Å². The van der Waals surface area contributed by atoms with Crippen LogP contribution in [0.15, 0.2) is 30.9 Å². The first-order valence-corrected chi connectivity index (χ1v) is 5.95. The molecule has 0 spiro atoms. The van der Waals surface area contributed by atoms with Gasteiger partial charge in [0.25, 0.3) is 11.7 Å². The topological polar surface area (TPSA) is 66.5 Å². The fraction of sp³-hybridized carbons (Fsp3) is 0.154. The van der Waals surface area contributed by atoms with E-state index in [9.17, 15) is 14.4 Å². The first-order valence-electron chi connectivity index (χ1n) is 5.58. The molecule has 0 unspecified atom stereocenters. The number of halogens is 1. The Kier molecular flexibility index (Phi) is 3.66. The van der Waals surface area contributed by atoms with E-state index in [1.165, 1.54) is 24.3 Å². The molecule has 0 bridgehead atoms. The first kappa shape index (κ1) is 13.3. The van der Waals surface area contributed by atoms with Crippen molar-refractivity contribution in [2.45, 2.75) is 0 Å². The highest BCUT2D eigenvalue weighted by Crippen LogP contribution is 2.31. The number of benzene rings is 1. The molecule has 0 aromatic heterocycles. The van der Waals surface area contributed by atoms with Gasteiger partial charge in [0.2, 0.25) is 5.91 Å². The van der Waals surface area contributed by atoms with Gasteiger partial charge in [-0.2, -0.15) is 0 Å². The molecule has 19 heavy (non-hydrogen) atoms. The molecule has 0 radical (unpaired) electrons. The van der Waals surface area contributed by atoms with Gasteiger partial charge in [-0.05, 0) is 18.2 Å². The lowest BCUT2D eigenvalue weighted by molar-refractivity contribution is -0.122. The minimum atomic E-state index is -0.717. The maximum Gasteiger partial charge on any atom is 0.299 e. The lowest BCUT2D eigenvalue weighted by Crippen LogP contribution is -2.40. The summed E-state index contributed by atoms with van der Waals surface area (Å²) in [5.41, 5.74) is 0.641. The zero-order chi connectivity index (χ0) is 14.0. The van der Waals surface area contributed by atoms with E-state index >= 15 is 0 Å². The molecule has 5 nitrogen and oxygen atoms in total. The molecule has 1 aliphatic heterocycles. The number of hydrogen-bond acceptors (Lipinski definition) is 3. The molecule has 98 valence electrons. The zero-order valence-electron chi connectivity index (χ0n) is 9.98. The second kappa shape index (κ2) is 5.24. The summed E-state index contributed by atoms with van der Waals surface area (Å²) in [6, 6.07) is 4.52. The standard InChI is InChI=1S/C13H11ClN2O3/c1-2-5-15-11(17)7-16-10-6-8(14)3-4-9(10)12(18)13(16)19/h2-4,6H,1,5,7H2,(H,15,17). The molecule has 1 aliphatic rings. The summed E-state index contributed by atoms with van der Waals surface area (Å²) in [6.07, 6.45) is 1.53. The van der Waals surface area contributed by atoms with E-state index < -0.39 is 11.7 Å². The maximum atomic E-state index is 11.8. The van der Waals surface area contributed by atoms with Crippen LogP contribution in [0.1, 0.15) is 10.4 Å². The van der Waals surface area contributed by atoms with Crippen LogP contribution in [-0.4, -0.2) is 30.7 Å². The Labute approximate surface area is 114 Å². The summed E-state index contributed by atoms with van der Waals surface area (Å²) in [7, 11) is 0. The van der Waals surface area contributed by atoms with Crippen LogP contribution >= 0.6 is 11.6 Å². The van der Waals surface area contributed by atoms with Crippen molar-refractivity contribution in [3.63, 3.8) is 0 Å². The quantitative estimate of drug-likeness (QED) is 0.664. The molecule has 1 aromatic rings. The van der Waals surface area contributed by atoms with Crippen LogP contribution in [0.3, 0.4) is 0 Å². The molecule has 2 rings (SSSR count). The van der Waals surface area contributed by atoms with E-state index in [0.29, 0.717) is 17.3 Å². The number of ketones is 1. The van der Waals surface area contributed by atoms with Gasteiger partial charge in [0.15, 0.2) is 0 Å². The molecule has 0 atom stereocenters. The van der Waals surface area contributed by atoms with Crippen molar-refractivity contribution < 1.29 is 14.4 Å². The van der Waals surface area contributed by atoms with Crippen LogP contribution in [-0.2, 0) is 9.59 Å². The first-order chi connectivity index (χ1) is 9.04. The number of amides is 2. The summed E-state index contributed by atoms with van der Waals surface area (Å²) >= 11 is 5.84. The van der Waals surface area contributed by atoms with E-state index in [1.54, 1.807) is 0 Å². The van der Waals surface area contributed by atoms with Crippen molar-refractivity contribution in [2.75, 3.05) is 18.0 Å². The Morgan fingerprint density at radius 2 is 2.16 bits per heavy atom. The van der Waals surface area contributed by atoms with Gasteiger partial charge in [-0.3, -0.25) is 19.3 Å². The molecule has 0 fully saturated rings. The Morgan fingerprint density at radius 1 is 1.42 bits per heavy atom. The van der Waals surface area contributed by atoms with Crippen molar-refractivity contribution in [2.24, 2.45) is 0 Å². The highest BCUT2D eigenvalue weighted by molar-refractivity contribution is 6.53. The lowest BCUT2D eigenvalue weighted by atomic mass is 10.1. The monoisotopic (exact) mass is 278 g/mol. The maximum absolute atomic E-state index is 11.8. The van der Waals surface area contributed by atoms with E-state index in [1.807, 2.05) is 0 Å². The number of hydrogen-bond donors (Lipinski definition) is 1. The molecule has 1 aromatic carbocycles. The van der Waals surface area contributed by atoms with Crippen molar-refractivity contribution in [3.05, 3.63) is 41.4 Å². The van der Waals surface area contributed by atoms with Crippen LogP contribution in [0.2, 0.25) is 5.02 Å². The third kappa shape index (κ3) is 2.51. The average molecular weight is 279 g/mol. The van der Waals surface area contributed by atoms with E-state index in [4.69, 9.17) is 11.6 Å². The number of anilines is 1. The second-order valence-corrected chi connectivity index (χ2v) is 4.41. The Hall–Kier alpha value is -2.14. The predicted octanol–water partition coefficient (Wildman–Crippen LogP) is 1.17. The summed E-state index contributed by atoms with van der Waals surface area (Å²) < 4.78 is 0. The van der Waals surface area contributed by atoms with Crippen molar-refractivity contribution in [1.29, 1.82) is 0 Å². The van der Waals surface area contributed by atoms with Crippen LogP contribution in [0.25, 0.3) is 0 Å². The summed E-state index contributed by atoms with van der Waals surface area (Å²) in [6.45, 7) is 3.56. The molecule has 0 saturated heterocycles. The SMILES string of the molecule is C=CCNC(=O)CN1C(=O)C(=O)c2ccc(Cl)cc21. The summed E-state index contributed by atoms with van der Waals surface area (Å²) in [5.74, 6) is -1.71. The van der Waals surface area contributed by atoms with E-state index in [2.05, 4.69) is 11.9 Å². The smallest absolute Gasteiger partial charge is 0.299 e. The highest BCUT2D eigenvalue weighted by Gasteiger charge is 2.36. The normalized spacial score (nSPS) is 13.4. The van der Waals surface area contributed by atoms with Crippen molar-refractivity contribution in [1.82, 2.24) is 5.32 Å². The average Bonchev–Trinajstić information content (AvgIpc) is 2.61. The highest BCUT2D eigenvalue weighted by atomic mass is 35.5. The molecular formula is C13H11ClN2O3. The number of nitrogens with one attached hydrogen (secondary N) is 1. The second-order valence-electron chi connectivity index (χ2n) is 3.97. The van der Waals surface area contributed by atoms with Gasteiger partial charge in [0, 0.05) is 11.6 Å². The Bertz CT molecular complexity index is 583. The zero-order valence-corrected chi connectivity index (χ0v) is 10.7. The molecule has 0 saturated carbocycles. The third-order valence-electron chi connectivity index (χ3n) is 2.68. The van der Waals surface area contributed by atoms with Crippen molar-refractivity contribution >= 4 is 34.9 Å². The fourth-order valence-corrected chi connectivity index (χ4v) is 1.98. The van der Waals surface area contributed by atoms with Gasteiger partial charge in [-0.1, -0.05) is 17.7 Å². The number of carbonyl (C=O) groups excluding carboxylic acids is 3. The molecule has 1 heterocycles. The van der Waals surface area contributed by atoms with Crippen molar-refractivity contribution in [3.8, 4) is 0 Å². The van der Waals surface area contributed by atoms with Gasteiger partial charge in [-0.25, -0.2) is 0 Å². The summed E-state index contributed by atoms with van der Waals surface area (Å²) in [4.78, 5) is 36.3. The number of rotatable bonds is 4. The molecule has 1 N–H and O–H groups in total. The molecule has 2 amide bonds. The fourth-order valence-electron chi connectivity index (χ4n) is 1.81. The number of nitrogens with zero attached hydrogens (tertiary/aromatic N) is 1. The van der Waals surface area contributed by atoms with E-state index in [0.717, 1.165) is 4.90 Å². The minimum Gasteiger partial charge on any atom is -0.351 e. The number of Topliss-reactive ketones (excluding diaryl/α,β-unsaturated/α-hetero) is 1. The number of carbonyl (C=O) groups is 3. The molecule has 6 heteroatoms. The van der Waals surface area contributed by atoms with Crippen LogP contribution in [0, 0.1) is 0 Å². The van der Waals surface area contributed by atoms with Gasteiger partial charge in [0.05, 0.1) is 11.3 Å². The van der Waals surface area contributed by atoms with Gasteiger partial charge >= 0.3 is 0 Å². The van der Waals surface area contributed by atoms with Gasteiger partial charge < -0.3 is 5.32 Å². The molecular weight excluding hydrogens is 268 g/mol. The number of fused-ring (bicyclic) bond motifs is 1. The lowest BCUT2D eigenvalue weighted by Gasteiger charge is -2.15. The van der Waals surface area contributed by atoms with Crippen LogP contribution in [0.5, 0.6) is 0 Å². The Balaban J connectivity index is 2.25. The molecule has 0 aliphatic carbocycles. The minimum absolute atomic E-state index is 0.217. The van der Waals surface area contributed by atoms with Crippen LogP contribution in [0.4, 0.5) is 5.69 Å². The van der Waals surface area contributed by atoms with Crippen LogP contribution < -0.4 is 10.2 Å². The largest absolute Gasteiger partial charge is 0.351 e. The van der Waals surface area contributed by atoms with Gasteiger partial charge in [0.1, 0.15) is 6.54 Å². The third-order valence-corrected chi connectivity index (χ3v) is 2.91.